The summed E-state index contributed by atoms with van der Waals surface area (Å²) in [4.78, 5) is 21.2. The summed E-state index contributed by atoms with van der Waals surface area (Å²) in [6.45, 7) is 0. The second-order valence-corrected chi connectivity index (χ2v) is 3.43. The Morgan fingerprint density at radius 1 is 1.78 bits per heavy atom. The summed E-state index contributed by atoms with van der Waals surface area (Å²) < 4.78 is 10.3. The molecular formula is C3H6NO4P. The van der Waals surface area contributed by atoms with Crippen LogP contribution in [0, 0.1) is 0 Å². The number of hydrogen-bond donors (Lipinski definition) is 2. The Hall–Kier alpha value is -0.380. The maximum Gasteiger partial charge on any atom is 0.368 e. The minimum Gasteiger partial charge on any atom is -0.379 e. The second kappa shape index (κ2) is 2.10. The predicted octanol–water partition coefficient (Wildman–Crippen LogP) is -0.104. The Balaban J connectivity index is 2.56. The van der Waals surface area contributed by atoms with E-state index >= 15 is 0 Å². The highest BCUT2D eigenvalue weighted by molar-refractivity contribution is 7.52. The van der Waals surface area contributed by atoms with Crippen LogP contribution in [0.4, 0.5) is 0 Å². The molecule has 6 heteroatoms. The largest absolute Gasteiger partial charge is 0.379 e. The second-order valence-electron chi connectivity index (χ2n) is 1.67. The van der Waals surface area contributed by atoms with Gasteiger partial charge in [-0.25, -0.2) is 0 Å². The predicted molar refractivity (Wildman–Crippen MR) is 30.0 cm³/mol. The number of oxime groups is 1. The van der Waals surface area contributed by atoms with E-state index in [0.717, 1.165) is 0 Å². The fourth-order valence-electron chi connectivity index (χ4n) is 0.488. The molecule has 2 N–H and O–H groups in total. The van der Waals surface area contributed by atoms with Crippen molar-refractivity contribution in [3.05, 3.63) is 0 Å². The highest BCUT2D eigenvalue weighted by Gasteiger charge is 2.32. The molecule has 0 aromatic rings. The average Bonchev–Trinajstić information content (AvgIpc) is 2.08. The van der Waals surface area contributed by atoms with Crippen molar-refractivity contribution < 1.29 is 19.2 Å². The van der Waals surface area contributed by atoms with Gasteiger partial charge in [0.05, 0.1) is 0 Å². The molecule has 52 valence electrons. The van der Waals surface area contributed by atoms with E-state index in [1.807, 2.05) is 0 Å². The first kappa shape index (κ1) is 6.74. The van der Waals surface area contributed by atoms with Crippen LogP contribution in [0.25, 0.3) is 0 Å². The zero-order valence-corrected chi connectivity index (χ0v) is 5.36. The first-order valence-electron chi connectivity index (χ1n) is 2.33. The number of nitrogens with zero attached hydrogens (tertiary/aromatic N) is 1. The third-order valence-electron chi connectivity index (χ3n) is 0.939. The van der Waals surface area contributed by atoms with Gasteiger partial charge in [0.25, 0.3) is 0 Å². The van der Waals surface area contributed by atoms with Gasteiger partial charge in [0.2, 0.25) is 5.85 Å². The van der Waals surface area contributed by atoms with Gasteiger partial charge in [0.15, 0.2) is 0 Å². The van der Waals surface area contributed by atoms with Crippen LogP contribution >= 0.6 is 7.60 Å². The molecule has 0 aromatic heterocycles. The molecular weight excluding hydrogens is 145 g/mol. The van der Waals surface area contributed by atoms with E-state index in [4.69, 9.17) is 9.79 Å². The zero-order valence-electron chi connectivity index (χ0n) is 4.47. The van der Waals surface area contributed by atoms with E-state index in [-0.39, 0.29) is 6.42 Å². The van der Waals surface area contributed by atoms with Gasteiger partial charge in [0.1, 0.15) is 0 Å². The lowest BCUT2D eigenvalue weighted by atomic mass is 10.5. The van der Waals surface area contributed by atoms with E-state index in [0.29, 0.717) is 0 Å². The smallest absolute Gasteiger partial charge is 0.368 e. The maximum atomic E-state index is 10.3. The Morgan fingerprint density at radius 3 is 2.67 bits per heavy atom. The lowest BCUT2D eigenvalue weighted by Crippen LogP contribution is -2.04. The molecule has 0 aliphatic carbocycles. The summed E-state index contributed by atoms with van der Waals surface area (Å²) >= 11 is 0. The Morgan fingerprint density at radius 2 is 2.44 bits per heavy atom. The highest BCUT2D eigenvalue weighted by atomic mass is 31.2. The van der Waals surface area contributed by atoms with E-state index in [9.17, 15) is 4.57 Å². The van der Waals surface area contributed by atoms with Gasteiger partial charge in [-0.3, -0.25) is 4.57 Å². The van der Waals surface area contributed by atoms with E-state index in [2.05, 4.69) is 9.99 Å². The third-order valence-corrected chi connectivity index (χ3v) is 1.99. The maximum absolute atomic E-state index is 10.3. The molecule has 1 heterocycles. The van der Waals surface area contributed by atoms with Crippen LogP contribution in [0.1, 0.15) is 6.42 Å². The van der Waals surface area contributed by atoms with E-state index < -0.39 is 13.4 Å². The standard InChI is InChI=1S/C3H6NO4P/c5-9(6,7)3-1-2-4-8-3/h2-3H,1H2,(H2,5,6,7). The molecule has 0 radical (unpaired) electrons. The molecule has 0 spiro atoms. The Labute approximate surface area is 51.5 Å². The first-order chi connectivity index (χ1) is 4.11. The van der Waals surface area contributed by atoms with Crippen molar-refractivity contribution in [1.29, 1.82) is 0 Å². The summed E-state index contributed by atoms with van der Waals surface area (Å²) in [5.41, 5.74) is 0. The lowest BCUT2D eigenvalue weighted by molar-refractivity contribution is 0.117. The van der Waals surface area contributed by atoms with Crippen molar-refractivity contribution in [1.82, 2.24) is 0 Å². The summed E-state index contributed by atoms with van der Waals surface area (Å²) in [6, 6.07) is 0. The third kappa shape index (κ3) is 1.51. The number of hydrogen-bond acceptors (Lipinski definition) is 3. The van der Waals surface area contributed by atoms with Crippen molar-refractivity contribution in [2.24, 2.45) is 5.16 Å². The lowest BCUT2D eigenvalue weighted by Gasteiger charge is -2.07. The van der Waals surface area contributed by atoms with Crippen molar-refractivity contribution >= 4 is 13.8 Å². The van der Waals surface area contributed by atoms with Crippen LogP contribution in [0.15, 0.2) is 5.16 Å². The minimum absolute atomic E-state index is 0.199. The molecule has 0 fully saturated rings. The fourth-order valence-corrected chi connectivity index (χ4v) is 1.03. The Kier molecular flexibility index (Phi) is 1.57. The van der Waals surface area contributed by atoms with Crippen LogP contribution in [0.2, 0.25) is 0 Å². The van der Waals surface area contributed by atoms with Gasteiger partial charge < -0.3 is 14.6 Å². The Bertz CT molecular complexity index is 165. The van der Waals surface area contributed by atoms with Crippen LogP contribution < -0.4 is 0 Å². The van der Waals surface area contributed by atoms with Gasteiger partial charge in [-0.2, -0.15) is 0 Å². The van der Waals surface area contributed by atoms with Gasteiger partial charge in [-0.15, -0.1) is 0 Å². The minimum atomic E-state index is -4.06. The van der Waals surface area contributed by atoms with Crippen molar-refractivity contribution in [3.8, 4) is 0 Å². The zero-order chi connectivity index (χ0) is 6.91. The van der Waals surface area contributed by atoms with Gasteiger partial charge in [-0.05, 0) is 0 Å². The first-order valence-corrected chi connectivity index (χ1v) is 4.02. The van der Waals surface area contributed by atoms with Crippen molar-refractivity contribution in [2.45, 2.75) is 12.3 Å². The monoisotopic (exact) mass is 151 g/mol. The van der Waals surface area contributed by atoms with Crippen molar-refractivity contribution in [2.75, 3.05) is 0 Å². The van der Waals surface area contributed by atoms with Gasteiger partial charge >= 0.3 is 7.60 Å². The summed E-state index contributed by atoms with van der Waals surface area (Å²) in [5.74, 6) is -1.04. The molecule has 1 aliphatic heterocycles. The van der Waals surface area contributed by atoms with Gasteiger partial charge in [0, 0.05) is 12.6 Å². The molecule has 1 unspecified atom stereocenters. The summed E-state index contributed by atoms with van der Waals surface area (Å²) in [5, 5.41) is 3.21. The molecule has 5 nitrogen and oxygen atoms in total. The molecule has 1 rings (SSSR count). The highest BCUT2D eigenvalue weighted by Crippen LogP contribution is 2.44. The molecule has 1 aliphatic rings. The van der Waals surface area contributed by atoms with Gasteiger partial charge in [-0.1, -0.05) is 5.16 Å². The quantitative estimate of drug-likeness (QED) is 0.512. The normalized spacial score (nSPS) is 26.2. The molecule has 1 atom stereocenters. The topological polar surface area (TPSA) is 79.1 Å². The average molecular weight is 151 g/mol. The summed E-state index contributed by atoms with van der Waals surface area (Å²) in [6.07, 6.45) is 1.54. The van der Waals surface area contributed by atoms with Crippen LogP contribution in [-0.4, -0.2) is 21.8 Å². The van der Waals surface area contributed by atoms with Crippen molar-refractivity contribution in [3.63, 3.8) is 0 Å². The molecule has 0 aromatic carbocycles. The van der Waals surface area contributed by atoms with E-state index in [1.54, 1.807) is 0 Å². The SMILES string of the molecule is O=P(O)(O)C1CC=NO1. The van der Waals surface area contributed by atoms with Crippen LogP contribution in [0.3, 0.4) is 0 Å². The molecule has 0 saturated heterocycles. The molecule has 0 saturated carbocycles. The molecule has 9 heavy (non-hydrogen) atoms. The molecule has 0 bridgehead atoms. The van der Waals surface area contributed by atoms with Crippen LogP contribution in [0.5, 0.6) is 0 Å². The summed E-state index contributed by atoms with van der Waals surface area (Å²) in [7, 11) is -4.06. The molecule has 0 amide bonds. The van der Waals surface area contributed by atoms with Crippen LogP contribution in [-0.2, 0) is 9.40 Å². The number of rotatable bonds is 1. The van der Waals surface area contributed by atoms with E-state index in [1.165, 1.54) is 6.21 Å². The fraction of sp³-hybridized carbons (Fsp3) is 0.667.